The number of carbonyl (C=O) groups is 1. The monoisotopic (exact) mass is 338 g/mol. The number of anilines is 2. The first kappa shape index (κ1) is 14.3. The van der Waals surface area contributed by atoms with E-state index in [9.17, 15) is 9.18 Å². The summed E-state index contributed by atoms with van der Waals surface area (Å²) in [5.41, 5.74) is 6.17. The normalized spacial score (nSPS) is 10.2. The quantitative estimate of drug-likeness (QED) is 0.842. The molecule has 104 valence electrons. The molecular weight excluding hydrogens is 327 g/mol. The molecule has 0 atom stereocenters. The molecule has 0 unspecified atom stereocenters. The summed E-state index contributed by atoms with van der Waals surface area (Å²) in [6.07, 6.45) is 0. The van der Waals surface area contributed by atoms with E-state index in [2.05, 4.69) is 21.2 Å². The minimum absolute atomic E-state index is 0.0684. The summed E-state index contributed by atoms with van der Waals surface area (Å²) >= 11 is 3.27. The minimum atomic E-state index is -0.586. The van der Waals surface area contributed by atoms with Crippen molar-refractivity contribution >= 4 is 33.2 Å². The Balaban J connectivity index is 2.28. The van der Waals surface area contributed by atoms with Gasteiger partial charge < -0.3 is 15.8 Å². The Hall–Kier alpha value is -2.08. The van der Waals surface area contributed by atoms with Gasteiger partial charge in [-0.15, -0.1) is 0 Å². The molecule has 0 spiro atoms. The molecule has 1 amide bonds. The zero-order valence-corrected chi connectivity index (χ0v) is 12.2. The summed E-state index contributed by atoms with van der Waals surface area (Å²) in [5.74, 6) is -0.493. The van der Waals surface area contributed by atoms with E-state index >= 15 is 0 Å². The van der Waals surface area contributed by atoms with Gasteiger partial charge in [0.1, 0.15) is 11.6 Å². The molecule has 0 bridgehead atoms. The molecule has 2 rings (SSSR count). The van der Waals surface area contributed by atoms with Crippen LogP contribution in [0.2, 0.25) is 0 Å². The Morgan fingerprint density at radius 2 is 2.05 bits per heavy atom. The number of nitrogens with two attached hydrogens (primary N) is 1. The van der Waals surface area contributed by atoms with Crippen LogP contribution in [-0.4, -0.2) is 13.0 Å². The number of carbonyl (C=O) groups excluding carboxylic acids is 1. The van der Waals surface area contributed by atoms with Gasteiger partial charge in [0.25, 0.3) is 5.91 Å². The van der Waals surface area contributed by atoms with Crippen LogP contribution in [0, 0.1) is 5.82 Å². The predicted octanol–water partition coefficient (Wildman–Crippen LogP) is 3.43. The lowest BCUT2D eigenvalue weighted by atomic mass is 10.2. The molecule has 20 heavy (non-hydrogen) atoms. The van der Waals surface area contributed by atoms with E-state index < -0.39 is 11.7 Å². The number of nitrogen functional groups attached to an aromatic ring is 1. The first-order chi connectivity index (χ1) is 9.51. The molecule has 4 nitrogen and oxygen atoms in total. The van der Waals surface area contributed by atoms with Crippen molar-refractivity contribution in [1.82, 2.24) is 0 Å². The fourth-order valence-corrected chi connectivity index (χ4v) is 2.05. The summed E-state index contributed by atoms with van der Waals surface area (Å²) in [6, 6.07) is 9.04. The molecule has 0 aliphatic carbocycles. The molecule has 0 saturated heterocycles. The van der Waals surface area contributed by atoms with Gasteiger partial charge in [0, 0.05) is 10.2 Å². The van der Waals surface area contributed by atoms with E-state index in [1.165, 1.54) is 19.2 Å². The summed E-state index contributed by atoms with van der Waals surface area (Å²) < 4.78 is 19.3. The van der Waals surface area contributed by atoms with E-state index in [0.717, 1.165) is 6.07 Å². The molecule has 6 heteroatoms. The second kappa shape index (κ2) is 5.92. The van der Waals surface area contributed by atoms with Gasteiger partial charge in [0.15, 0.2) is 0 Å². The number of amides is 1. The van der Waals surface area contributed by atoms with Crippen LogP contribution in [0.5, 0.6) is 5.75 Å². The van der Waals surface area contributed by atoms with E-state index in [1.807, 2.05) is 0 Å². The number of nitrogens with one attached hydrogen (secondary N) is 1. The van der Waals surface area contributed by atoms with Crippen molar-refractivity contribution in [1.29, 1.82) is 0 Å². The molecule has 0 fully saturated rings. The average molecular weight is 339 g/mol. The Bertz CT molecular complexity index is 662. The topological polar surface area (TPSA) is 64.3 Å². The van der Waals surface area contributed by atoms with Gasteiger partial charge >= 0.3 is 0 Å². The zero-order valence-electron chi connectivity index (χ0n) is 10.6. The second-order valence-corrected chi connectivity index (χ2v) is 4.89. The average Bonchev–Trinajstić information content (AvgIpc) is 2.42. The lowest BCUT2D eigenvalue weighted by Crippen LogP contribution is -2.14. The lowest BCUT2D eigenvalue weighted by molar-refractivity contribution is 0.102. The zero-order chi connectivity index (χ0) is 14.7. The highest BCUT2D eigenvalue weighted by Gasteiger charge is 2.13. The summed E-state index contributed by atoms with van der Waals surface area (Å²) in [7, 11) is 1.50. The number of benzene rings is 2. The van der Waals surface area contributed by atoms with Crippen molar-refractivity contribution in [3.8, 4) is 5.75 Å². The molecule has 0 aromatic heterocycles. The van der Waals surface area contributed by atoms with Crippen LogP contribution in [0.15, 0.2) is 40.9 Å². The first-order valence-electron chi connectivity index (χ1n) is 5.71. The van der Waals surface area contributed by atoms with Crippen molar-refractivity contribution in [2.75, 3.05) is 18.2 Å². The van der Waals surface area contributed by atoms with Crippen LogP contribution in [0.25, 0.3) is 0 Å². The highest BCUT2D eigenvalue weighted by molar-refractivity contribution is 9.10. The van der Waals surface area contributed by atoms with E-state index in [-0.39, 0.29) is 5.69 Å². The van der Waals surface area contributed by atoms with E-state index in [1.54, 1.807) is 18.2 Å². The largest absolute Gasteiger partial charge is 0.497 e. The maximum atomic E-state index is 13.6. The molecule has 2 aromatic carbocycles. The van der Waals surface area contributed by atoms with Crippen molar-refractivity contribution in [3.63, 3.8) is 0 Å². The first-order valence-corrected chi connectivity index (χ1v) is 6.50. The van der Waals surface area contributed by atoms with Gasteiger partial charge in [-0.05, 0) is 52.3 Å². The highest BCUT2D eigenvalue weighted by Crippen LogP contribution is 2.24. The summed E-state index contributed by atoms with van der Waals surface area (Å²) in [4.78, 5) is 12.1. The third-order valence-corrected chi connectivity index (χ3v) is 3.35. The maximum Gasteiger partial charge on any atom is 0.257 e. The van der Waals surface area contributed by atoms with Gasteiger partial charge in [-0.2, -0.15) is 0 Å². The summed E-state index contributed by atoms with van der Waals surface area (Å²) in [6.45, 7) is 0. The Morgan fingerprint density at radius 3 is 2.70 bits per heavy atom. The fourth-order valence-electron chi connectivity index (χ4n) is 1.63. The minimum Gasteiger partial charge on any atom is -0.497 e. The van der Waals surface area contributed by atoms with Crippen LogP contribution < -0.4 is 15.8 Å². The van der Waals surface area contributed by atoms with Crippen LogP contribution in [0.3, 0.4) is 0 Å². The molecule has 0 heterocycles. The standard InChI is InChI=1S/C14H12BrFN2O2/c1-20-9-3-4-11(15)10(7-9)14(19)18-13-5-2-8(17)6-12(13)16/h2-7H,17H2,1H3,(H,18,19). The molecule has 2 aromatic rings. The number of methoxy groups -OCH3 is 1. The number of halogens is 2. The SMILES string of the molecule is COc1ccc(Br)c(C(=O)Nc2ccc(N)cc2F)c1. The highest BCUT2D eigenvalue weighted by atomic mass is 79.9. The Kier molecular flexibility index (Phi) is 4.24. The number of rotatable bonds is 3. The molecule has 0 aliphatic rings. The van der Waals surface area contributed by atoms with Gasteiger partial charge in [-0.3, -0.25) is 4.79 Å². The second-order valence-electron chi connectivity index (χ2n) is 4.04. The molecule has 3 N–H and O–H groups in total. The molecule has 0 saturated carbocycles. The molecule has 0 aliphatic heterocycles. The molecule has 0 radical (unpaired) electrons. The van der Waals surface area contributed by atoms with Crippen molar-refractivity contribution < 1.29 is 13.9 Å². The Morgan fingerprint density at radius 1 is 1.30 bits per heavy atom. The van der Waals surface area contributed by atoms with Crippen molar-refractivity contribution in [2.45, 2.75) is 0 Å². The van der Waals surface area contributed by atoms with Gasteiger partial charge in [-0.25, -0.2) is 4.39 Å². The van der Waals surface area contributed by atoms with Gasteiger partial charge in [0.05, 0.1) is 18.4 Å². The van der Waals surface area contributed by atoms with E-state index in [0.29, 0.717) is 21.5 Å². The number of hydrogen-bond donors (Lipinski definition) is 2. The van der Waals surface area contributed by atoms with Crippen LogP contribution >= 0.6 is 15.9 Å². The fraction of sp³-hybridized carbons (Fsp3) is 0.0714. The van der Waals surface area contributed by atoms with Crippen LogP contribution in [-0.2, 0) is 0 Å². The number of ether oxygens (including phenoxy) is 1. The smallest absolute Gasteiger partial charge is 0.257 e. The van der Waals surface area contributed by atoms with Gasteiger partial charge in [-0.1, -0.05) is 0 Å². The van der Waals surface area contributed by atoms with Crippen LogP contribution in [0.1, 0.15) is 10.4 Å². The van der Waals surface area contributed by atoms with Crippen molar-refractivity contribution in [2.24, 2.45) is 0 Å². The Labute approximate surface area is 123 Å². The summed E-state index contributed by atoms with van der Waals surface area (Å²) in [5, 5.41) is 2.49. The lowest BCUT2D eigenvalue weighted by Gasteiger charge is -2.09. The van der Waals surface area contributed by atoms with E-state index in [4.69, 9.17) is 10.5 Å². The van der Waals surface area contributed by atoms with Crippen LogP contribution in [0.4, 0.5) is 15.8 Å². The third-order valence-electron chi connectivity index (χ3n) is 2.66. The third kappa shape index (κ3) is 3.08. The maximum absolute atomic E-state index is 13.6. The van der Waals surface area contributed by atoms with Crippen molar-refractivity contribution in [3.05, 3.63) is 52.3 Å². The van der Waals surface area contributed by atoms with Gasteiger partial charge in [0.2, 0.25) is 0 Å². The predicted molar refractivity (Wildman–Crippen MR) is 79.5 cm³/mol. The molecular formula is C14H12BrFN2O2. The number of hydrogen-bond acceptors (Lipinski definition) is 3.